The molecule has 0 saturated carbocycles. The lowest BCUT2D eigenvalue weighted by Crippen LogP contribution is -2.32. The van der Waals surface area contributed by atoms with Crippen molar-refractivity contribution in [3.8, 4) is 0 Å². The molecule has 2 heterocycles. The lowest BCUT2D eigenvalue weighted by atomic mass is 10.1. The maximum absolute atomic E-state index is 4.61. The van der Waals surface area contributed by atoms with Gasteiger partial charge in [-0.15, -0.1) is 0 Å². The molecule has 0 spiro atoms. The molecule has 1 N–H and O–H groups in total. The molecule has 106 valence electrons. The summed E-state index contributed by atoms with van der Waals surface area (Å²) in [6.45, 7) is 8.63. The van der Waals surface area contributed by atoms with Crippen LogP contribution >= 0.6 is 0 Å². The van der Waals surface area contributed by atoms with Gasteiger partial charge in [0.25, 0.3) is 0 Å². The van der Waals surface area contributed by atoms with Crippen LogP contribution < -0.4 is 5.32 Å². The van der Waals surface area contributed by atoms with Crippen LogP contribution in [-0.2, 0) is 13.1 Å². The standard InChI is InChI=1S/C16H27N3/c1-3-17-11-15-8-9-16(18-12-15)13-19-10-6-4-5-7-14(19)2/h8-9,12,14,17H,3-7,10-11,13H2,1-2H3. The van der Waals surface area contributed by atoms with Gasteiger partial charge in [0, 0.05) is 25.3 Å². The first-order valence-electron chi connectivity index (χ1n) is 7.68. The second-order valence-corrected chi connectivity index (χ2v) is 5.61. The molecule has 19 heavy (non-hydrogen) atoms. The molecule has 1 aliphatic heterocycles. The predicted octanol–water partition coefficient (Wildman–Crippen LogP) is 2.96. The van der Waals surface area contributed by atoms with Gasteiger partial charge in [-0.25, -0.2) is 0 Å². The molecule has 0 radical (unpaired) electrons. The molecule has 1 aliphatic rings. The number of hydrogen-bond acceptors (Lipinski definition) is 3. The summed E-state index contributed by atoms with van der Waals surface area (Å²) in [6.07, 6.45) is 7.45. The fourth-order valence-electron chi connectivity index (χ4n) is 2.70. The molecule has 1 fully saturated rings. The monoisotopic (exact) mass is 261 g/mol. The molecule has 1 saturated heterocycles. The SMILES string of the molecule is CCNCc1ccc(CN2CCCCCC2C)nc1. The molecule has 3 heteroatoms. The Balaban J connectivity index is 1.90. The van der Waals surface area contributed by atoms with Gasteiger partial charge in [0.2, 0.25) is 0 Å². The van der Waals surface area contributed by atoms with Crippen LogP contribution in [0.5, 0.6) is 0 Å². The highest BCUT2D eigenvalue weighted by molar-refractivity contribution is 5.14. The Bertz CT molecular complexity index is 361. The largest absolute Gasteiger partial charge is 0.313 e. The van der Waals surface area contributed by atoms with Crippen molar-refractivity contribution in [1.29, 1.82) is 0 Å². The third-order valence-electron chi connectivity index (χ3n) is 4.02. The number of pyridine rings is 1. The summed E-state index contributed by atoms with van der Waals surface area (Å²) in [5.41, 5.74) is 2.48. The van der Waals surface area contributed by atoms with E-state index in [0.717, 1.165) is 19.6 Å². The molecule has 0 amide bonds. The van der Waals surface area contributed by atoms with Gasteiger partial charge in [-0.3, -0.25) is 9.88 Å². The van der Waals surface area contributed by atoms with Crippen LogP contribution in [0.4, 0.5) is 0 Å². The van der Waals surface area contributed by atoms with Gasteiger partial charge in [0.15, 0.2) is 0 Å². The normalized spacial score (nSPS) is 21.3. The van der Waals surface area contributed by atoms with Crippen molar-refractivity contribution in [2.75, 3.05) is 13.1 Å². The van der Waals surface area contributed by atoms with Gasteiger partial charge < -0.3 is 5.32 Å². The Morgan fingerprint density at radius 1 is 1.32 bits per heavy atom. The van der Waals surface area contributed by atoms with E-state index in [2.05, 4.69) is 41.2 Å². The Morgan fingerprint density at radius 3 is 2.95 bits per heavy atom. The van der Waals surface area contributed by atoms with E-state index in [1.54, 1.807) is 0 Å². The van der Waals surface area contributed by atoms with Crippen molar-refractivity contribution in [2.24, 2.45) is 0 Å². The first-order valence-corrected chi connectivity index (χ1v) is 7.68. The number of likely N-dealkylation sites (tertiary alicyclic amines) is 1. The maximum Gasteiger partial charge on any atom is 0.0544 e. The average Bonchev–Trinajstić information content (AvgIpc) is 2.63. The lowest BCUT2D eigenvalue weighted by Gasteiger charge is -2.26. The van der Waals surface area contributed by atoms with Gasteiger partial charge in [0.1, 0.15) is 0 Å². The third kappa shape index (κ3) is 4.59. The van der Waals surface area contributed by atoms with Crippen molar-refractivity contribution >= 4 is 0 Å². The van der Waals surface area contributed by atoms with E-state index in [1.807, 2.05) is 6.20 Å². The van der Waals surface area contributed by atoms with E-state index in [4.69, 9.17) is 0 Å². The molecule has 3 nitrogen and oxygen atoms in total. The highest BCUT2D eigenvalue weighted by Gasteiger charge is 2.17. The molecule has 1 aromatic rings. The van der Waals surface area contributed by atoms with Crippen molar-refractivity contribution in [2.45, 2.75) is 58.7 Å². The third-order valence-corrected chi connectivity index (χ3v) is 4.02. The average molecular weight is 261 g/mol. The zero-order valence-corrected chi connectivity index (χ0v) is 12.4. The Morgan fingerprint density at radius 2 is 2.21 bits per heavy atom. The first kappa shape index (κ1) is 14.5. The molecule has 0 bridgehead atoms. The minimum atomic E-state index is 0.700. The summed E-state index contributed by atoms with van der Waals surface area (Å²) in [6, 6.07) is 5.09. The van der Waals surface area contributed by atoms with Crippen LogP contribution in [0.1, 0.15) is 50.8 Å². The number of hydrogen-bond donors (Lipinski definition) is 1. The van der Waals surface area contributed by atoms with E-state index < -0.39 is 0 Å². The fourth-order valence-corrected chi connectivity index (χ4v) is 2.70. The van der Waals surface area contributed by atoms with Crippen LogP contribution in [0.25, 0.3) is 0 Å². The number of nitrogens with one attached hydrogen (secondary N) is 1. The van der Waals surface area contributed by atoms with Crippen LogP contribution in [0, 0.1) is 0 Å². The first-order chi connectivity index (χ1) is 9.29. The molecule has 2 rings (SSSR count). The summed E-state index contributed by atoms with van der Waals surface area (Å²) in [5.74, 6) is 0. The Labute approximate surface area is 117 Å². The Kier molecular flexibility index (Phi) is 5.80. The summed E-state index contributed by atoms with van der Waals surface area (Å²) in [7, 11) is 0. The second-order valence-electron chi connectivity index (χ2n) is 5.61. The number of rotatable bonds is 5. The Hall–Kier alpha value is -0.930. The number of aromatic nitrogens is 1. The van der Waals surface area contributed by atoms with Gasteiger partial charge in [-0.1, -0.05) is 25.8 Å². The lowest BCUT2D eigenvalue weighted by molar-refractivity contribution is 0.202. The highest BCUT2D eigenvalue weighted by atomic mass is 15.2. The highest BCUT2D eigenvalue weighted by Crippen LogP contribution is 2.18. The summed E-state index contributed by atoms with van der Waals surface area (Å²) in [4.78, 5) is 7.19. The molecular weight excluding hydrogens is 234 g/mol. The molecule has 0 aromatic carbocycles. The predicted molar refractivity (Wildman–Crippen MR) is 80.0 cm³/mol. The maximum atomic E-state index is 4.61. The summed E-state index contributed by atoms with van der Waals surface area (Å²) < 4.78 is 0. The minimum Gasteiger partial charge on any atom is -0.313 e. The van der Waals surface area contributed by atoms with Gasteiger partial charge in [0.05, 0.1) is 5.69 Å². The van der Waals surface area contributed by atoms with Crippen LogP contribution in [0.2, 0.25) is 0 Å². The van der Waals surface area contributed by atoms with E-state index >= 15 is 0 Å². The number of nitrogens with zero attached hydrogens (tertiary/aromatic N) is 2. The zero-order chi connectivity index (χ0) is 13.5. The van der Waals surface area contributed by atoms with Crippen LogP contribution in [0.3, 0.4) is 0 Å². The van der Waals surface area contributed by atoms with Crippen molar-refractivity contribution in [1.82, 2.24) is 15.2 Å². The zero-order valence-electron chi connectivity index (χ0n) is 12.4. The molecule has 1 unspecified atom stereocenters. The van der Waals surface area contributed by atoms with E-state index in [1.165, 1.54) is 43.5 Å². The topological polar surface area (TPSA) is 28.2 Å². The van der Waals surface area contributed by atoms with Gasteiger partial charge >= 0.3 is 0 Å². The van der Waals surface area contributed by atoms with E-state index in [0.29, 0.717) is 6.04 Å². The van der Waals surface area contributed by atoms with Crippen molar-refractivity contribution in [3.63, 3.8) is 0 Å². The molecule has 0 aliphatic carbocycles. The van der Waals surface area contributed by atoms with Crippen LogP contribution in [0.15, 0.2) is 18.3 Å². The minimum absolute atomic E-state index is 0.700. The second kappa shape index (κ2) is 7.61. The molecule has 1 atom stereocenters. The van der Waals surface area contributed by atoms with Crippen molar-refractivity contribution < 1.29 is 0 Å². The van der Waals surface area contributed by atoms with Gasteiger partial charge in [-0.2, -0.15) is 0 Å². The van der Waals surface area contributed by atoms with E-state index in [9.17, 15) is 0 Å². The molecule has 1 aromatic heterocycles. The fraction of sp³-hybridized carbons (Fsp3) is 0.688. The van der Waals surface area contributed by atoms with Gasteiger partial charge in [-0.05, 0) is 44.5 Å². The summed E-state index contributed by atoms with van der Waals surface area (Å²) in [5, 5.41) is 3.33. The quantitative estimate of drug-likeness (QED) is 0.883. The summed E-state index contributed by atoms with van der Waals surface area (Å²) >= 11 is 0. The molecular formula is C16H27N3. The van der Waals surface area contributed by atoms with Crippen molar-refractivity contribution in [3.05, 3.63) is 29.6 Å². The smallest absolute Gasteiger partial charge is 0.0544 e. The van der Waals surface area contributed by atoms with E-state index in [-0.39, 0.29) is 0 Å². The van der Waals surface area contributed by atoms with Crippen LogP contribution in [-0.4, -0.2) is 29.0 Å².